The van der Waals surface area contributed by atoms with Crippen molar-refractivity contribution in [3.8, 4) is 0 Å². The third kappa shape index (κ3) is 1.48. The van der Waals surface area contributed by atoms with Crippen molar-refractivity contribution in [3.05, 3.63) is 10.1 Å². The molecule has 8 heteroatoms. The molecule has 0 N–H and O–H groups in total. The zero-order valence-electron chi connectivity index (χ0n) is 11.4. The summed E-state index contributed by atoms with van der Waals surface area (Å²) < 4.78 is 3.96. The fraction of sp³-hybridized carbons (Fsp3) is 0.786. The number of hydrogen-bond donors (Lipinski definition) is 0. The van der Waals surface area contributed by atoms with Gasteiger partial charge in [0.15, 0.2) is 4.33 Å². The van der Waals surface area contributed by atoms with Gasteiger partial charge in [-0.1, -0.05) is 46.4 Å². The number of allylic oxidation sites excluding steroid dienone is 2. The van der Waals surface area contributed by atoms with E-state index in [-0.39, 0.29) is 45.8 Å². The molecule has 0 heterocycles. The molecule has 3 saturated carbocycles. The zero-order valence-corrected chi connectivity index (χ0v) is 15.9. The van der Waals surface area contributed by atoms with Gasteiger partial charge in [-0.2, -0.15) is 0 Å². The molecule has 0 saturated heterocycles. The number of halogens is 6. The Labute approximate surface area is 158 Å². The lowest BCUT2D eigenvalue weighted by atomic mass is 9.71. The summed E-state index contributed by atoms with van der Waals surface area (Å²) in [6.07, 6.45) is 1.42. The van der Waals surface area contributed by atoms with Crippen molar-refractivity contribution >= 4 is 75.6 Å². The van der Waals surface area contributed by atoms with Crippen LogP contribution in [0.15, 0.2) is 10.1 Å². The second-order valence-electron chi connectivity index (χ2n) is 6.72. The smallest absolute Gasteiger partial charge is 0.302 e. The molecule has 22 heavy (non-hydrogen) atoms. The van der Waals surface area contributed by atoms with Gasteiger partial charge in [0.1, 0.15) is 15.9 Å². The van der Waals surface area contributed by atoms with Crippen LogP contribution in [0.25, 0.3) is 0 Å². The van der Waals surface area contributed by atoms with Gasteiger partial charge in [-0.3, -0.25) is 4.79 Å². The van der Waals surface area contributed by atoms with E-state index < -0.39 is 14.1 Å². The van der Waals surface area contributed by atoms with E-state index >= 15 is 0 Å². The molecule has 4 aliphatic rings. The van der Waals surface area contributed by atoms with Crippen molar-refractivity contribution < 1.29 is 9.53 Å². The van der Waals surface area contributed by atoms with Crippen LogP contribution in [-0.2, 0) is 9.53 Å². The molecule has 0 unspecified atom stereocenters. The standard InChI is InChI=1S/C14H12Cl6O2/c1-4(21)22-7-3-5-2-6(7)9-8(5)12(17)10(15)11(16)13(9,18)14(12,19)20/h5-9H,2-3H2,1H3/t5-,6-,7-,8-,9+,12-,13-/m1/s1. The van der Waals surface area contributed by atoms with Crippen LogP contribution >= 0.6 is 69.6 Å². The first-order valence-corrected chi connectivity index (χ1v) is 9.34. The number of alkyl halides is 4. The summed E-state index contributed by atoms with van der Waals surface area (Å²) in [6.45, 7) is 1.40. The number of rotatable bonds is 1. The lowest BCUT2D eigenvalue weighted by molar-refractivity contribution is -0.150. The molecule has 0 radical (unpaired) electrons. The summed E-state index contributed by atoms with van der Waals surface area (Å²) in [6, 6.07) is 0. The summed E-state index contributed by atoms with van der Waals surface area (Å²) in [7, 11) is 0. The first kappa shape index (κ1) is 16.4. The summed E-state index contributed by atoms with van der Waals surface area (Å²) in [5.74, 6) is -0.252. The van der Waals surface area contributed by atoms with Gasteiger partial charge in [0, 0.05) is 12.8 Å². The van der Waals surface area contributed by atoms with Crippen molar-refractivity contribution in [2.24, 2.45) is 23.7 Å². The Balaban J connectivity index is 1.83. The van der Waals surface area contributed by atoms with Gasteiger partial charge in [-0.15, -0.1) is 23.2 Å². The largest absolute Gasteiger partial charge is 0.462 e. The Kier molecular flexibility index (Phi) is 3.41. The average Bonchev–Trinajstić information content (AvgIpc) is 3.04. The Morgan fingerprint density at radius 1 is 1.05 bits per heavy atom. The molecule has 4 rings (SSSR count). The van der Waals surface area contributed by atoms with Crippen LogP contribution in [0.2, 0.25) is 0 Å². The van der Waals surface area contributed by atoms with Gasteiger partial charge >= 0.3 is 5.97 Å². The highest BCUT2D eigenvalue weighted by atomic mass is 35.5. The summed E-state index contributed by atoms with van der Waals surface area (Å²) in [5, 5.41) is 0.486. The highest BCUT2D eigenvalue weighted by Crippen LogP contribution is 2.82. The molecular formula is C14H12Cl6O2. The molecule has 0 amide bonds. The average molecular weight is 425 g/mol. The highest BCUT2D eigenvalue weighted by molar-refractivity contribution is 6.65. The zero-order chi connectivity index (χ0) is 16.2. The second kappa shape index (κ2) is 4.56. The van der Waals surface area contributed by atoms with Gasteiger partial charge in [-0.25, -0.2) is 0 Å². The summed E-state index contributed by atoms with van der Waals surface area (Å²) >= 11 is 39.7. The van der Waals surface area contributed by atoms with E-state index in [2.05, 4.69) is 0 Å². The maximum Gasteiger partial charge on any atom is 0.302 e. The molecule has 0 spiro atoms. The summed E-state index contributed by atoms with van der Waals surface area (Å²) in [4.78, 5) is 8.91. The third-order valence-electron chi connectivity index (χ3n) is 5.92. The van der Waals surface area contributed by atoms with E-state index in [4.69, 9.17) is 74.3 Å². The van der Waals surface area contributed by atoms with Crippen molar-refractivity contribution in [1.29, 1.82) is 0 Å². The molecule has 4 bridgehead atoms. The number of carbonyl (C=O) groups excluding carboxylic acids is 1. The van der Waals surface area contributed by atoms with E-state index in [0.29, 0.717) is 0 Å². The van der Waals surface area contributed by atoms with Gasteiger partial charge in [-0.05, 0) is 30.6 Å². The molecule has 0 aromatic rings. The number of hydrogen-bond acceptors (Lipinski definition) is 2. The van der Waals surface area contributed by atoms with E-state index in [1.165, 1.54) is 6.92 Å². The lowest BCUT2D eigenvalue weighted by Crippen LogP contribution is -2.46. The first-order chi connectivity index (χ1) is 10.1. The monoisotopic (exact) mass is 422 g/mol. The maximum atomic E-state index is 11.3. The van der Waals surface area contributed by atoms with Crippen molar-refractivity contribution in [2.75, 3.05) is 0 Å². The molecular weight excluding hydrogens is 413 g/mol. The van der Waals surface area contributed by atoms with Crippen LogP contribution in [0.4, 0.5) is 0 Å². The van der Waals surface area contributed by atoms with E-state index in [1.54, 1.807) is 0 Å². The molecule has 0 aromatic carbocycles. The Hall–Kier alpha value is 0.950. The second-order valence-corrected chi connectivity index (χ2v) is 10.00. The quantitative estimate of drug-likeness (QED) is 0.335. The topological polar surface area (TPSA) is 26.3 Å². The van der Waals surface area contributed by atoms with Crippen molar-refractivity contribution in [1.82, 2.24) is 0 Å². The predicted molar refractivity (Wildman–Crippen MR) is 89.1 cm³/mol. The Bertz CT molecular complexity index is 618. The number of ether oxygens (including phenoxy) is 1. The van der Waals surface area contributed by atoms with Crippen molar-refractivity contribution in [2.45, 2.75) is 40.0 Å². The minimum Gasteiger partial charge on any atom is -0.462 e. The number of esters is 1. The minimum absolute atomic E-state index is 0.0485. The van der Waals surface area contributed by atoms with Crippen LogP contribution < -0.4 is 0 Å². The molecule has 122 valence electrons. The number of carbonyl (C=O) groups is 1. The molecule has 0 aromatic heterocycles. The molecule has 0 aliphatic heterocycles. The molecule has 7 atom stereocenters. The van der Waals surface area contributed by atoms with Gasteiger partial charge in [0.25, 0.3) is 0 Å². The fourth-order valence-electron chi connectivity index (χ4n) is 5.34. The van der Waals surface area contributed by atoms with Crippen LogP contribution in [-0.4, -0.2) is 26.2 Å². The van der Waals surface area contributed by atoms with Crippen LogP contribution in [0.3, 0.4) is 0 Å². The molecule has 2 nitrogen and oxygen atoms in total. The predicted octanol–water partition coefficient (Wildman–Crippen LogP) is 5.04. The number of fused-ring (bicyclic) bond motifs is 9. The molecule has 3 fully saturated rings. The van der Waals surface area contributed by atoms with Gasteiger partial charge < -0.3 is 4.74 Å². The van der Waals surface area contributed by atoms with Crippen molar-refractivity contribution in [3.63, 3.8) is 0 Å². The van der Waals surface area contributed by atoms with Crippen LogP contribution in [0, 0.1) is 23.7 Å². The normalized spacial score (nSPS) is 54.0. The first-order valence-electron chi connectivity index (χ1n) is 7.07. The van der Waals surface area contributed by atoms with Crippen LogP contribution in [0.5, 0.6) is 0 Å². The SMILES string of the molecule is CC(=O)O[C@@H]1C[C@H]2C[C@H]1[C@H]1[C@@H]2[C@@]2(Cl)C(Cl)=C(Cl)[C@@]1(Cl)C2(Cl)Cl. The van der Waals surface area contributed by atoms with E-state index in [1.807, 2.05) is 0 Å². The summed E-state index contributed by atoms with van der Waals surface area (Å²) in [5.41, 5.74) is 0. The van der Waals surface area contributed by atoms with Gasteiger partial charge in [0.05, 0.1) is 10.1 Å². The maximum absolute atomic E-state index is 11.3. The fourth-order valence-corrected chi connectivity index (χ4v) is 8.49. The van der Waals surface area contributed by atoms with E-state index in [0.717, 1.165) is 12.8 Å². The lowest BCUT2D eigenvalue weighted by Gasteiger charge is -2.41. The van der Waals surface area contributed by atoms with Crippen LogP contribution in [0.1, 0.15) is 19.8 Å². The molecule has 4 aliphatic carbocycles. The van der Waals surface area contributed by atoms with Gasteiger partial charge in [0.2, 0.25) is 0 Å². The van der Waals surface area contributed by atoms with E-state index in [9.17, 15) is 4.79 Å². The highest BCUT2D eigenvalue weighted by Gasteiger charge is 2.86. The Morgan fingerprint density at radius 2 is 1.59 bits per heavy atom. The minimum atomic E-state index is -1.49. The Morgan fingerprint density at radius 3 is 2.14 bits per heavy atom. The third-order valence-corrected chi connectivity index (χ3v) is 10.2.